The first-order chi connectivity index (χ1) is 13.1. The maximum absolute atomic E-state index is 10.6. The highest BCUT2D eigenvalue weighted by molar-refractivity contribution is 5.79. The van der Waals surface area contributed by atoms with Gasteiger partial charge in [0, 0.05) is 25.2 Å². The molecule has 0 amide bonds. The van der Waals surface area contributed by atoms with Crippen molar-refractivity contribution in [2.75, 3.05) is 19.7 Å². The third-order valence-corrected chi connectivity index (χ3v) is 3.60. The molecule has 2 aromatic rings. The number of aliphatic imine (C=N–C) groups is 1. The van der Waals surface area contributed by atoms with Gasteiger partial charge in [-0.2, -0.15) is 0 Å². The van der Waals surface area contributed by atoms with E-state index in [-0.39, 0.29) is 18.8 Å². The van der Waals surface area contributed by atoms with Gasteiger partial charge in [-0.1, -0.05) is 30.3 Å². The molecule has 0 fully saturated rings. The second-order valence-electron chi connectivity index (χ2n) is 5.78. The van der Waals surface area contributed by atoms with Gasteiger partial charge in [0.1, 0.15) is 18.5 Å². The zero-order chi connectivity index (χ0) is 19.5. The molecule has 1 unspecified atom stereocenters. The molecule has 3 N–H and O–H groups in total. The number of nitro benzene ring substituents is 1. The van der Waals surface area contributed by atoms with E-state index in [1.165, 1.54) is 24.3 Å². The Bertz CT molecular complexity index is 735. The third kappa shape index (κ3) is 7.33. The van der Waals surface area contributed by atoms with E-state index in [1.807, 2.05) is 37.3 Å². The highest BCUT2D eigenvalue weighted by Crippen LogP contribution is 2.17. The molecular weight excluding hydrogens is 348 g/mol. The van der Waals surface area contributed by atoms with Gasteiger partial charge in [-0.25, -0.2) is 4.99 Å². The number of ether oxygens (including phenoxy) is 1. The van der Waals surface area contributed by atoms with Gasteiger partial charge in [0.2, 0.25) is 0 Å². The van der Waals surface area contributed by atoms with Crippen molar-refractivity contribution in [1.82, 2.24) is 10.6 Å². The Morgan fingerprint density at radius 3 is 2.52 bits per heavy atom. The molecule has 0 spiro atoms. The number of non-ortho nitro benzene ring substituents is 1. The Balaban J connectivity index is 1.79. The van der Waals surface area contributed by atoms with Crippen LogP contribution < -0.4 is 15.4 Å². The summed E-state index contributed by atoms with van der Waals surface area (Å²) in [6.45, 7) is 3.52. The average Bonchev–Trinajstić information content (AvgIpc) is 2.69. The van der Waals surface area contributed by atoms with Crippen LogP contribution in [0.2, 0.25) is 0 Å². The summed E-state index contributed by atoms with van der Waals surface area (Å²) in [5, 5.41) is 26.9. The fraction of sp³-hybridized carbons (Fsp3) is 0.316. The Labute approximate surface area is 158 Å². The summed E-state index contributed by atoms with van der Waals surface area (Å²) in [6.07, 6.45) is -0.763. The number of nitrogens with zero attached hydrogens (tertiary/aromatic N) is 2. The van der Waals surface area contributed by atoms with E-state index in [0.29, 0.717) is 24.8 Å². The molecule has 27 heavy (non-hydrogen) atoms. The van der Waals surface area contributed by atoms with Crippen molar-refractivity contribution in [2.24, 2.45) is 4.99 Å². The minimum Gasteiger partial charge on any atom is -0.491 e. The minimum absolute atomic E-state index is 0.00512. The van der Waals surface area contributed by atoms with E-state index in [9.17, 15) is 15.2 Å². The second-order valence-corrected chi connectivity index (χ2v) is 5.78. The quantitative estimate of drug-likeness (QED) is 0.269. The minimum atomic E-state index is -0.763. The number of aliphatic hydroxyl groups is 1. The summed E-state index contributed by atoms with van der Waals surface area (Å²) in [6, 6.07) is 15.6. The van der Waals surface area contributed by atoms with E-state index < -0.39 is 11.0 Å². The predicted molar refractivity (Wildman–Crippen MR) is 104 cm³/mol. The number of guanidine groups is 1. The standard InChI is InChI=1S/C19H24N4O4/c1-2-20-19(21-12-15-6-4-3-5-7-15)22-13-17(24)14-27-18-10-8-16(9-11-18)23(25)26/h3-11,17,24H,2,12-14H2,1H3,(H2,20,21,22). The molecule has 0 radical (unpaired) electrons. The lowest BCUT2D eigenvalue weighted by Crippen LogP contribution is -2.42. The van der Waals surface area contributed by atoms with E-state index in [0.717, 1.165) is 5.56 Å². The molecule has 0 saturated heterocycles. The Kier molecular flexibility index (Phi) is 8.05. The molecule has 0 saturated carbocycles. The Morgan fingerprint density at radius 1 is 1.19 bits per heavy atom. The highest BCUT2D eigenvalue weighted by Gasteiger charge is 2.09. The van der Waals surface area contributed by atoms with Crippen molar-refractivity contribution in [1.29, 1.82) is 0 Å². The molecule has 2 aromatic carbocycles. The summed E-state index contributed by atoms with van der Waals surface area (Å²) in [5.41, 5.74) is 1.09. The molecule has 8 nitrogen and oxygen atoms in total. The molecule has 1 atom stereocenters. The smallest absolute Gasteiger partial charge is 0.269 e. The van der Waals surface area contributed by atoms with Crippen molar-refractivity contribution >= 4 is 11.6 Å². The van der Waals surface area contributed by atoms with Crippen LogP contribution >= 0.6 is 0 Å². The molecule has 8 heteroatoms. The van der Waals surface area contributed by atoms with Crippen LogP contribution in [0, 0.1) is 10.1 Å². The van der Waals surface area contributed by atoms with Gasteiger partial charge in [-0.3, -0.25) is 10.1 Å². The van der Waals surface area contributed by atoms with Crippen molar-refractivity contribution < 1.29 is 14.8 Å². The van der Waals surface area contributed by atoms with Crippen LogP contribution in [0.1, 0.15) is 12.5 Å². The molecule has 0 aliphatic rings. The molecule has 0 aliphatic heterocycles. The van der Waals surface area contributed by atoms with Crippen LogP contribution in [-0.4, -0.2) is 41.8 Å². The van der Waals surface area contributed by atoms with Crippen LogP contribution in [0.3, 0.4) is 0 Å². The SMILES string of the molecule is CCNC(=NCc1ccccc1)NCC(O)COc1ccc([N+](=O)[O-])cc1. The number of hydrogen-bond donors (Lipinski definition) is 3. The highest BCUT2D eigenvalue weighted by atomic mass is 16.6. The Hall–Kier alpha value is -3.13. The Morgan fingerprint density at radius 2 is 1.89 bits per heavy atom. The van der Waals surface area contributed by atoms with Crippen LogP contribution in [0.5, 0.6) is 5.75 Å². The van der Waals surface area contributed by atoms with Crippen molar-refractivity contribution in [3.05, 3.63) is 70.3 Å². The molecule has 144 valence electrons. The van der Waals surface area contributed by atoms with Gasteiger partial charge in [0.25, 0.3) is 5.69 Å². The van der Waals surface area contributed by atoms with Crippen LogP contribution in [0.15, 0.2) is 59.6 Å². The van der Waals surface area contributed by atoms with Gasteiger partial charge in [0.05, 0.1) is 11.5 Å². The number of benzene rings is 2. The van der Waals surface area contributed by atoms with Crippen molar-refractivity contribution in [3.8, 4) is 5.75 Å². The zero-order valence-corrected chi connectivity index (χ0v) is 15.2. The first kappa shape index (κ1) is 20.2. The first-order valence-corrected chi connectivity index (χ1v) is 8.70. The van der Waals surface area contributed by atoms with Crippen LogP contribution in [0.25, 0.3) is 0 Å². The van der Waals surface area contributed by atoms with Crippen molar-refractivity contribution in [2.45, 2.75) is 19.6 Å². The zero-order valence-electron chi connectivity index (χ0n) is 15.2. The number of hydrogen-bond acceptors (Lipinski definition) is 5. The number of nitrogens with one attached hydrogen (secondary N) is 2. The maximum atomic E-state index is 10.6. The van der Waals surface area contributed by atoms with E-state index in [4.69, 9.17) is 4.74 Å². The number of nitro groups is 1. The monoisotopic (exact) mass is 372 g/mol. The van der Waals surface area contributed by atoms with Crippen molar-refractivity contribution in [3.63, 3.8) is 0 Å². The van der Waals surface area contributed by atoms with Gasteiger partial charge in [-0.15, -0.1) is 0 Å². The fourth-order valence-corrected chi connectivity index (χ4v) is 2.23. The predicted octanol–water partition coefficient (Wildman–Crippen LogP) is 2.09. The summed E-state index contributed by atoms with van der Waals surface area (Å²) < 4.78 is 5.45. The number of aliphatic hydroxyl groups excluding tert-OH is 1. The molecule has 2 rings (SSSR count). The first-order valence-electron chi connectivity index (χ1n) is 8.70. The number of rotatable bonds is 9. The lowest BCUT2D eigenvalue weighted by molar-refractivity contribution is -0.384. The van der Waals surface area contributed by atoms with Crippen LogP contribution in [-0.2, 0) is 6.54 Å². The topological polar surface area (TPSA) is 109 Å². The van der Waals surface area contributed by atoms with Gasteiger partial charge in [0.15, 0.2) is 5.96 Å². The van der Waals surface area contributed by atoms with E-state index >= 15 is 0 Å². The lowest BCUT2D eigenvalue weighted by Gasteiger charge is -2.16. The summed E-state index contributed by atoms with van der Waals surface area (Å²) in [7, 11) is 0. The van der Waals surface area contributed by atoms with Gasteiger partial charge >= 0.3 is 0 Å². The molecule has 0 aromatic heterocycles. The van der Waals surface area contributed by atoms with Gasteiger partial charge < -0.3 is 20.5 Å². The summed E-state index contributed by atoms with van der Waals surface area (Å²) >= 11 is 0. The van der Waals surface area contributed by atoms with E-state index in [1.54, 1.807) is 0 Å². The van der Waals surface area contributed by atoms with Gasteiger partial charge in [-0.05, 0) is 24.6 Å². The van der Waals surface area contributed by atoms with E-state index in [2.05, 4.69) is 15.6 Å². The second kappa shape index (κ2) is 10.8. The maximum Gasteiger partial charge on any atom is 0.269 e. The summed E-state index contributed by atoms with van der Waals surface area (Å²) in [5.74, 6) is 1.07. The molecular formula is C19H24N4O4. The fourth-order valence-electron chi connectivity index (χ4n) is 2.23. The third-order valence-electron chi connectivity index (χ3n) is 3.60. The molecule has 0 bridgehead atoms. The largest absolute Gasteiger partial charge is 0.491 e. The normalized spacial score (nSPS) is 12.3. The van der Waals surface area contributed by atoms with Crippen LogP contribution in [0.4, 0.5) is 5.69 Å². The molecule has 0 aliphatic carbocycles. The molecule has 0 heterocycles. The average molecular weight is 372 g/mol. The summed E-state index contributed by atoms with van der Waals surface area (Å²) in [4.78, 5) is 14.6. The lowest BCUT2D eigenvalue weighted by atomic mass is 10.2.